The van der Waals surface area contributed by atoms with Crippen LogP contribution >= 0.6 is 0 Å². The normalized spacial score (nSPS) is 19.5. The maximum absolute atomic E-state index is 12.6. The molecule has 0 heterocycles. The summed E-state index contributed by atoms with van der Waals surface area (Å²) in [4.78, 5) is 36.5. The molecule has 2 amide bonds. The SMILES string of the molecule is CCCC(CC(=O)NC[C@@H]1CCC[C@@H]1C(=O)O)NC(=O)OCC1c2ccccc2-c2ccccc21. The maximum Gasteiger partial charge on any atom is 0.407 e. The molecule has 0 saturated heterocycles. The number of carbonyl (C=O) groups is 3. The van der Waals surface area contributed by atoms with Crippen LogP contribution in [0.15, 0.2) is 48.5 Å². The monoisotopic (exact) mass is 478 g/mol. The molecule has 3 N–H and O–H groups in total. The third-order valence-electron chi connectivity index (χ3n) is 7.27. The van der Waals surface area contributed by atoms with Crippen molar-refractivity contribution in [2.45, 2.75) is 57.4 Å². The summed E-state index contributed by atoms with van der Waals surface area (Å²) in [6, 6.07) is 16.0. The smallest absolute Gasteiger partial charge is 0.407 e. The summed E-state index contributed by atoms with van der Waals surface area (Å²) < 4.78 is 5.63. The van der Waals surface area contributed by atoms with Crippen LogP contribution in [0.2, 0.25) is 0 Å². The van der Waals surface area contributed by atoms with Crippen molar-refractivity contribution in [2.24, 2.45) is 11.8 Å². The molecule has 1 saturated carbocycles. The van der Waals surface area contributed by atoms with Crippen LogP contribution in [0.5, 0.6) is 0 Å². The average molecular weight is 479 g/mol. The molecule has 3 atom stereocenters. The van der Waals surface area contributed by atoms with Crippen molar-refractivity contribution in [1.29, 1.82) is 0 Å². The summed E-state index contributed by atoms with van der Waals surface area (Å²) in [5, 5.41) is 15.1. The van der Waals surface area contributed by atoms with E-state index < -0.39 is 12.1 Å². The third kappa shape index (κ3) is 5.84. The summed E-state index contributed by atoms with van der Waals surface area (Å²) in [7, 11) is 0. The quantitative estimate of drug-likeness (QED) is 0.459. The van der Waals surface area contributed by atoms with Gasteiger partial charge in [0, 0.05) is 24.9 Å². The fourth-order valence-corrected chi connectivity index (χ4v) is 5.53. The lowest BCUT2D eigenvalue weighted by atomic mass is 9.96. The van der Waals surface area contributed by atoms with E-state index in [1.54, 1.807) is 0 Å². The highest BCUT2D eigenvalue weighted by molar-refractivity contribution is 5.79. The molecule has 0 aliphatic heterocycles. The maximum atomic E-state index is 12.6. The molecule has 1 fully saturated rings. The van der Waals surface area contributed by atoms with E-state index in [0.717, 1.165) is 30.4 Å². The Hall–Kier alpha value is -3.35. The number of aliphatic carboxylic acids is 1. The lowest BCUT2D eigenvalue weighted by molar-refractivity contribution is -0.143. The van der Waals surface area contributed by atoms with Crippen LogP contribution in [0.25, 0.3) is 11.1 Å². The minimum absolute atomic E-state index is 0.0188. The van der Waals surface area contributed by atoms with Crippen molar-refractivity contribution < 1.29 is 24.2 Å². The second-order valence-electron chi connectivity index (χ2n) is 9.60. The number of amides is 2. The first-order valence-electron chi connectivity index (χ1n) is 12.6. The van der Waals surface area contributed by atoms with Crippen LogP contribution in [0, 0.1) is 11.8 Å². The molecule has 0 radical (unpaired) electrons. The van der Waals surface area contributed by atoms with E-state index in [-0.39, 0.29) is 42.7 Å². The summed E-state index contributed by atoms with van der Waals surface area (Å²) in [5.41, 5.74) is 4.64. The Balaban J connectivity index is 1.29. The molecule has 2 aliphatic carbocycles. The fraction of sp³-hybridized carbons (Fsp3) is 0.464. The van der Waals surface area contributed by atoms with Gasteiger partial charge >= 0.3 is 12.1 Å². The van der Waals surface area contributed by atoms with Crippen molar-refractivity contribution in [3.8, 4) is 11.1 Å². The van der Waals surface area contributed by atoms with Gasteiger partial charge in [0.15, 0.2) is 0 Å². The number of rotatable bonds is 10. The van der Waals surface area contributed by atoms with Gasteiger partial charge in [-0.15, -0.1) is 0 Å². The largest absolute Gasteiger partial charge is 0.481 e. The van der Waals surface area contributed by atoms with Gasteiger partial charge in [-0.3, -0.25) is 9.59 Å². The van der Waals surface area contributed by atoms with Crippen LogP contribution < -0.4 is 10.6 Å². The van der Waals surface area contributed by atoms with Crippen LogP contribution in [-0.4, -0.2) is 42.3 Å². The Bertz CT molecular complexity index is 1020. The van der Waals surface area contributed by atoms with Gasteiger partial charge in [-0.2, -0.15) is 0 Å². The first-order chi connectivity index (χ1) is 17.0. The molecule has 0 bridgehead atoms. The topological polar surface area (TPSA) is 105 Å². The molecule has 186 valence electrons. The number of fused-ring (bicyclic) bond motifs is 3. The van der Waals surface area contributed by atoms with Gasteiger partial charge in [-0.1, -0.05) is 68.3 Å². The van der Waals surface area contributed by atoms with Crippen molar-refractivity contribution in [1.82, 2.24) is 10.6 Å². The number of carboxylic acids is 1. The highest BCUT2D eigenvalue weighted by Gasteiger charge is 2.33. The predicted octanol–water partition coefficient (Wildman–Crippen LogP) is 4.70. The summed E-state index contributed by atoms with van der Waals surface area (Å²) in [5.74, 6) is -1.41. The number of ether oxygens (including phenoxy) is 1. The highest BCUT2D eigenvalue weighted by Crippen LogP contribution is 2.44. The van der Waals surface area contributed by atoms with Crippen molar-refractivity contribution in [3.63, 3.8) is 0 Å². The van der Waals surface area contributed by atoms with Gasteiger partial charge in [0.25, 0.3) is 0 Å². The molecule has 0 aromatic heterocycles. The number of alkyl carbamates (subject to hydrolysis) is 1. The number of carbonyl (C=O) groups excluding carboxylic acids is 2. The number of hydrogen-bond acceptors (Lipinski definition) is 4. The van der Waals surface area contributed by atoms with E-state index in [2.05, 4.69) is 34.9 Å². The fourth-order valence-electron chi connectivity index (χ4n) is 5.53. The molecule has 7 nitrogen and oxygen atoms in total. The predicted molar refractivity (Wildman–Crippen MR) is 133 cm³/mol. The Kier molecular flexibility index (Phi) is 8.06. The van der Waals surface area contributed by atoms with Crippen molar-refractivity contribution in [3.05, 3.63) is 59.7 Å². The Labute approximate surface area is 206 Å². The van der Waals surface area contributed by atoms with Gasteiger partial charge in [-0.05, 0) is 47.4 Å². The third-order valence-corrected chi connectivity index (χ3v) is 7.27. The van der Waals surface area contributed by atoms with E-state index in [9.17, 15) is 19.5 Å². The molecule has 1 unspecified atom stereocenters. The second-order valence-corrected chi connectivity index (χ2v) is 9.60. The molecular weight excluding hydrogens is 444 g/mol. The van der Waals surface area contributed by atoms with Crippen molar-refractivity contribution >= 4 is 18.0 Å². The van der Waals surface area contributed by atoms with Gasteiger partial charge < -0.3 is 20.5 Å². The van der Waals surface area contributed by atoms with Crippen LogP contribution in [0.4, 0.5) is 4.79 Å². The zero-order valence-corrected chi connectivity index (χ0v) is 20.2. The second kappa shape index (κ2) is 11.4. The summed E-state index contributed by atoms with van der Waals surface area (Å²) in [6.45, 7) is 2.59. The number of nitrogens with one attached hydrogen (secondary N) is 2. The van der Waals surface area contributed by atoms with E-state index in [1.807, 2.05) is 31.2 Å². The van der Waals surface area contributed by atoms with Crippen LogP contribution in [-0.2, 0) is 14.3 Å². The highest BCUT2D eigenvalue weighted by atomic mass is 16.5. The summed E-state index contributed by atoms with van der Waals surface area (Å²) >= 11 is 0. The number of benzene rings is 2. The van der Waals surface area contributed by atoms with Gasteiger partial charge in [0.05, 0.1) is 5.92 Å². The minimum Gasteiger partial charge on any atom is -0.481 e. The first kappa shape index (κ1) is 24.8. The molecule has 2 aromatic carbocycles. The van der Waals surface area contributed by atoms with E-state index in [1.165, 1.54) is 11.1 Å². The van der Waals surface area contributed by atoms with Crippen molar-refractivity contribution in [2.75, 3.05) is 13.2 Å². The number of hydrogen-bond donors (Lipinski definition) is 3. The molecule has 35 heavy (non-hydrogen) atoms. The van der Waals surface area contributed by atoms with E-state index in [0.29, 0.717) is 19.4 Å². The average Bonchev–Trinajstić information content (AvgIpc) is 3.44. The lowest BCUT2D eigenvalue weighted by Gasteiger charge is -2.21. The van der Waals surface area contributed by atoms with Gasteiger partial charge in [0.1, 0.15) is 6.61 Å². The standard InChI is InChI=1S/C28H34N2O5/c1-2-8-19(15-26(31)29-16-18-9-7-14-20(18)27(32)33)30-28(34)35-17-25-23-12-5-3-10-21(23)22-11-4-6-13-24(22)25/h3-6,10-13,18-20,25H,2,7-9,14-17H2,1H3,(H,29,31)(H,30,34)(H,32,33)/t18-,19?,20-/m0/s1. The molecule has 2 aliphatic rings. The molecular formula is C28H34N2O5. The van der Waals surface area contributed by atoms with E-state index in [4.69, 9.17) is 4.74 Å². The zero-order chi connectivity index (χ0) is 24.8. The van der Waals surface area contributed by atoms with Crippen LogP contribution in [0.3, 0.4) is 0 Å². The number of carboxylic acid groups (broad SMARTS) is 1. The Morgan fingerprint density at radius 1 is 1.03 bits per heavy atom. The Morgan fingerprint density at radius 2 is 1.69 bits per heavy atom. The first-order valence-corrected chi connectivity index (χ1v) is 12.6. The zero-order valence-electron chi connectivity index (χ0n) is 20.2. The van der Waals surface area contributed by atoms with E-state index >= 15 is 0 Å². The Morgan fingerprint density at radius 3 is 2.31 bits per heavy atom. The lowest BCUT2D eigenvalue weighted by Crippen LogP contribution is -2.41. The molecule has 7 heteroatoms. The van der Waals surface area contributed by atoms with Gasteiger partial charge in [0.2, 0.25) is 5.91 Å². The summed E-state index contributed by atoms with van der Waals surface area (Å²) in [6.07, 6.45) is 3.43. The molecule has 0 spiro atoms. The van der Waals surface area contributed by atoms with Gasteiger partial charge in [-0.25, -0.2) is 4.79 Å². The molecule has 4 rings (SSSR count). The molecule has 2 aromatic rings. The van der Waals surface area contributed by atoms with Crippen LogP contribution in [0.1, 0.15) is 62.5 Å². The minimum atomic E-state index is -0.789.